The van der Waals surface area contributed by atoms with Gasteiger partial charge in [-0.05, 0) is 24.2 Å². The summed E-state index contributed by atoms with van der Waals surface area (Å²) in [4.78, 5) is 12.0. The van der Waals surface area contributed by atoms with Crippen LogP contribution in [0.3, 0.4) is 0 Å². The van der Waals surface area contributed by atoms with Gasteiger partial charge in [0.25, 0.3) is 0 Å². The molecule has 0 saturated carbocycles. The van der Waals surface area contributed by atoms with Gasteiger partial charge in [0.15, 0.2) is 0 Å². The minimum absolute atomic E-state index is 0.0731. The van der Waals surface area contributed by atoms with Gasteiger partial charge in [0.1, 0.15) is 5.60 Å². The Morgan fingerprint density at radius 3 is 2.04 bits per heavy atom. The second-order valence-electron chi connectivity index (χ2n) is 8.28. The molecule has 0 N–H and O–H groups in total. The molecule has 1 aromatic rings. The topological polar surface area (TPSA) is 26.3 Å². The van der Waals surface area contributed by atoms with Crippen LogP contribution in [0.15, 0.2) is 42.5 Å². The van der Waals surface area contributed by atoms with Crippen molar-refractivity contribution in [2.24, 2.45) is 0 Å². The predicted molar refractivity (Wildman–Crippen MR) is 100 cm³/mol. The van der Waals surface area contributed by atoms with Gasteiger partial charge < -0.3 is 4.74 Å². The van der Waals surface area contributed by atoms with E-state index in [0.29, 0.717) is 12.0 Å². The molecule has 124 valence electrons. The Labute approximate surface area is 144 Å². The summed E-state index contributed by atoms with van der Waals surface area (Å²) in [6.45, 7) is 12.9. The van der Waals surface area contributed by atoms with Gasteiger partial charge >= 0.3 is 5.97 Å². The maximum atomic E-state index is 12.0. The Bertz CT molecular complexity index is 678. The van der Waals surface area contributed by atoms with E-state index in [0.717, 1.165) is 12.8 Å². The smallest absolute Gasteiger partial charge is 0.334 e. The highest BCUT2D eigenvalue weighted by Gasteiger charge is 2.61. The van der Waals surface area contributed by atoms with Gasteiger partial charge in [-0.2, -0.15) is 0 Å². The number of hydrogen-bond donors (Lipinski definition) is 0. The van der Waals surface area contributed by atoms with Crippen molar-refractivity contribution in [3.63, 3.8) is 0 Å². The predicted octanol–water partition coefficient (Wildman–Crippen LogP) is 4.38. The summed E-state index contributed by atoms with van der Waals surface area (Å²) < 4.78 is 5.84. The van der Waals surface area contributed by atoms with Gasteiger partial charge in [-0.1, -0.05) is 76.4 Å². The lowest BCUT2D eigenvalue weighted by Gasteiger charge is -2.57. The summed E-state index contributed by atoms with van der Waals surface area (Å²) in [7, 11) is 0. The Balaban J connectivity index is 2.11. The monoisotopic (exact) mass is 348 g/mol. The van der Waals surface area contributed by atoms with Gasteiger partial charge in [-0.3, -0.25) is 0 Å². The Morgan fingerprint density at radius 2 is 1.61 bits per heavy atom. The molecule has 2 aliphatic heterocycles. The Kier molecular flexibility index (Phi) is 3.71. The number of rotatable bonds is 1. The first-order chi connectivity index (χ1) is 10.5. The zero-order chi connectivity index (χ0) is 17.1. The van der Waals surface area contributed by atoms with Crippen molar-refractivity contribution in [1.29, 1.82) is 0 Å². The van der Waals surface area contributed by atoms with E-state index in [-0.39, 0.29) is 16.3 Å². The first-order valence-corrected chi connectivity index (χ1v) is 10.9. The van der Waals surface area contributed by atoms with Gasteiger partial charge in [0.2, 0.25) is 0 Å². The van der Waals surface area contributed by atoms with Crippen LogP contribution in [0, 0.1) is 0 Å². The largest absolute Gasteiger partial charge is 0.455 e. The van der Waals surface area contributed by atoms with E-state index in [1.54, 1.807) is 0 Å². The van der Waals surface area contributed by atoms with Gasteiger partial charge in [0, 0.05) is 22.3 Å². The minimum Gasteiger partial charge on any atom is -0.455 e. The second-order valence-corrected chi connectivity index (χ2v) is 14.1. The number of ether oxygens (including phenoxy) is 1. The van der Waals surface area contributed by atoms with Gasteiger partial charge in [0.05, 0.1) is 0 Å². The SMILES string of the molecule is C=C1CC2(CC(C)(C)P(=S)(c3ccccc3)C(C)(C)C2)OC1=O. The van der Waals surface area contributed by atoms with E-state index in [2.05, 4.69) is 58.5 Å². The maximum absolute atomic E-state index is 12.0. The number of esters is 1. The molecule has 4 heteroatoms. The van der Waals surface area contributed by atoms with Gasteiger partial charge in [-0.25, -0.2) is 4.79 Å². The molecule has 2 aliphatic rings. The fourth-order valence-electron chi connectivity index (χ4n) is 4.98. The molecule has 0 atom stereocenters. The van der Waals surface area contributed by atoms with E-state index in [9.17, 15) is 4.79 Å². The molecule has 0 aliphatic carbocycles. The molecule has 23 heavy (non-hydrogen) atoms. The summed E-state index contributed by atoms with van der Waals surface area (Å²) >= 11 is 6.42. The van der Waals surface area contributed by atoms with E-state index in [1.807, 2.05) is 6.07 Å². The average Bonchev–Trinajstić information content (AvgIpc) is 2.69. The fourth-order valence-corrected chi connectivity index (χ4v) is 10.4. The molecule has 1 spiro atoms. The highest BCUT2D eigenvalue weighted by atomic mass is 32.4. The molecule has 0 unspecified atom stereocenters. The van der Waals surface area contributed by atoms with Crippen molar-refractivity contribution in [1.82, 2.24) is 0 Å². The van der Waals surface area contributed by atoms with Crippen LogP contribution in [0.4, 0.5) is 0 Å². The maximum Gasteiger partial charge on any atom is 0.334 e. The summed E-state index contributed by atoms with van der Waals surface area (Å²) in [6.07, 6.45) is 2.28. The third kappa shape index (κ3) is 2.36. The lowest BCUT2D eigenvalue weighted by Crippen LogP contribution is -2.53. The van der Waals surface area contributed by atoms with Crippen LogP contribution in [-0.2, 0) is 21.3 Å². The van der Waals surface area contributed by atoms with Crippen molar-refractivity contribution in [2.75, 3.05) is 0 Å². The lowest BCUT2D eigenvalue weighted by atomic mass is 9.80. The first-order valence-electron chi connectivity index (χ1n) is 8.10. The summed E-state index contributed by atoms with van der Waals surface area (Å²) in [5.41, 5.74) is 0.185. The fraction of sp³-hybridized carbons (Fsp3) is 0.526. The van der Waals surface area contributed by atoms with Crippen LogP contribution in [-0.4, -0.2) is 21.9 Å². The van der Waals surface area contributed by atoms with Crippen molar-refractivity contribution < 1.29 is 9.53 Å². The summed E-state index contributed by atoms with van der Waals surface area (Å²) in [5, 5.41) is 1.15. The van der Waals surface area contributed by atoms with Crippen molar-refractivity contribution >= 4 is 29.1 Å². The quantitative estimate of drug-likeness (QED) is 0.428. The molecule has 0 aromatic heterocycles. The van der Waals surface area contributed by atoms with E-state index >= 15 is 0 Å². The van der Waals surface area contributed by atoms with Crippen LogP contribution >= 0.6 is 6.04 Å². The lowest BCUT2D eigenvalue weighted by molar-refractivity contribution is -0.149. The van der Waals surface area contributed by atoms with Crippen LogP contribution in [0.5, 0.6) is 0 Å². The third-order valence-corrected chi connectivity index (χ3v) is 13.8. The zero-order valence-corrected chi connectivity index (χ0v) is 16.1. The van der Waals surface area contributed by atoms with E-state index in [1.165, 1.54) is 5.30 Å². The zero-order valence-electron chi connectivity index (χ0n) is 14.4. The molecular formula is C19H25O2PS. The van der Waals surface area contributed by atoms with Crippen LogP contribution < -0.4 is 5.30 Å². The van der Waals surface area contributed by atoms with Crippen molar-refractivity contribution in [2.45, 2.75) is 62.9 Å². The summed E-state index contributed by atoms with van der Waals surface area (Å²) in [6, 6.07) is 8.69. The Morgan fingerprint density at radius 1 is 1.09 bits per heavy atom. The molecule has 0 amide bonds. The highest BCUT2D eigenvalue weighted by Crippen LogP contribution is 2.74. The van der Waals surface area contributed by atoms with Gasteiger partial charge in [-0.15, -0.1) is 0 Å². The van der Waals surface area contributed by atoms with E-state index < -0.39 is 11.6 Å². The molecular weight excluding hydrogens is 323 g/mol. The normalized spacial score (nSPS) is 27.0. The molecule has 2 heterocycles. The molecule has 3 rings (SSSR count). The van der Waals surface area contributed by atoms with Crippen LogP contribution in [0.2, 0.25) is 0 Å². The Hall–Kier alpha value is -0.920. The van der Waals surface area contributed by atoms with Crippen LogP contribution in [0.1, 0.15) is 47.0 Å². The molecule has 0 radical (unpaired) electrons. The first kappa shape index (κ1) is 16.9. The third-order valence-electron chi connectivity index (χ3n) is 5.47. The molecule has 2 nitrogen and oxygen atoms in total. The van der Waals surface area contributed by atoms with E-state index in [4.69, 9.17) is 16.5 Å². The minimum atomic E-state index is -1.88. The summed E-state index contributed by atoms with van der Waals surface area (Å²) in [5.74, 6) is -0.230. The highest BCUT2D eigenvalue weighted by molar-refractivity contribution is 8.19. The number of hydrogen-bond acceptors (Lipinski definition) is 3. The molecule has 2 fully saturated rings. The molecule has 1 aromatic carbocycles. The van der Waals surface area contributed by atoms with Crippen LogP contribution in [0.25, 0.3) is 0 Å². The van der Waals surface area contributed by atoms with Crippen molar-refractivity contribution in [3.05, 3.63) is 42.5 Å². The number of carbonyl (C=O) groups excluding carboxylic acids is 1. The standard InChI is InChI=1S/C19H25O2PS/c1-14-11-19(21-16(14)20)12-17(2,3)22(23,18(4,5)13-19)15-9-7-6-8-10-15/h6-10H,1,11-13H2,2-5H3. The molecule has 0 bridgehead atoms. The van der Waals surface area contributed by atoms with Crippen molar-refractivity contribution in [3.8, 4) is 0 Å². The average molecular weight is 348 g/mol. The number of benzene rings is 1. The second kappa shape index (κ2) is 5.04. The number of carbonyl (C=O) groups is 1. The molecule has 2 saturated heterocycles.